The van der Waals surface area contributed by atoms with Crippen LogP contribution in [-0.4, -0.2) is 15.6 Å². The van der Waals surface area contributed by atoms with Gasteiger partial charge in [-0.3, -0.25) is 14.9 Å². The average molecular weight is 363 g/mol. The highest BCUT2D eigenvalue weighted by Crippen LogP contribution is 2.41. The summed E-state index contributed by atoms with van der Waals surface area (Å²) < 4.78 is -2.28. The van der Waals surface area contributed by atoms with Gasteiger partial charge in [-0.05, 0) is 12.1 Å². The van der Waals surface area contributed by atoms with Crippen molar-refractivity contribution in [2.75, 3.05) is 5.32 Å². The number of rotatable bonds is 1. The van der Waals surface area contributed by atoms with Crippen LogP contribution >= 0.6 is 46.6 Å². The summed E-state index contributed by atoms with van der Waals surface area (Å²) in [4.78, 5) is 24.2. The molecule has 0 saturated carbocycles. The number of imide groups is 1. The second-order valence-corrected chi connectivity index (χ2v) is 7.15. The van der Waals surface area contributed by atoms with Crippen molar-refractivity contribution in [3.63, 3.8) is 0 Å². The minimum absolute atomic E-state index is 0.265. The zero-order chi connectivity index (χ0) is 15.6. The molecule has 0 bridgehead atoms. The van der Waals surface area contributed by atoms with Crippen LogP contribution in [0.1, 0.15) is 0 Å². The molecule has 0 saturated heterocycles. The molecule has 108 valence electrons. The quantitative estimate of drug-likeness (QED) is 0.456. The number of benzene rings is 1. The van der Waals surface area contributed by atoms with Crippen LogP contribution in [0.3, 0.4) is 0 Å². The summed E-state index contributed by atoms with van der Waals surface area (Å²) in [6.07, 6.45) is 0. The van der Waals surface area contributed by atoms with Gasteiger partial charge < -0.3 is 5.32 Å². The van der Waals surface area contributed by atoms with Crippen LogP contribution in [0.25, 0.3) is 0 Å². The van der Waals surface area contributed by atoms with Gasteiger partial charge in [0.2, 0.25) is 0 Å². The molecule has 1 heterocycles. The number of fused-ring (bicyclic) bond motifs is 1. The van der Waals surface area contributed by atoms with Crippen LogP contribution in [0.5, 0.6) is 0 Å². The number of carbonyl (C=O) groups is 2. The number of amides is 2. The smallest absolute Gasteiger partial charge is 0.278 e. The van der Waals surface area contributed by atoms with E-state index in [0.717, 1.165) is 10.6 Å². The molecule has 2 amide bonds. The summed E-state index contributed by atoms with van der Waals surface area (Å²) in [5.74, 6) is -2.05. The van der Waals surface area contributed by atoms with Gasteiger partial charge in [0, 0.05) is 4.90 Å². The number of nitriles is 1. The summed E-state index contributed by atoms with van der Waals surface area (Å²) >= 11 is 17.3. The topological polar surface area (TPSA) is 82.0 Å². The van der Waals surface area contributed by atoms with Crippen molar-refractivity contribution in [2.24, 2.45) is 0 Å². The minimum atomic E-state index is -2.28. The minimum Gasteiger partial charge on any atom is -0.348 e. The first kappa shape index (κ1) is 16.0. The molecule has 2 rings (SSSR count). The Kier molecular flexibility index (Phi) is 4.69. The second kappa shape index (κ2) is 6.16. The number of alkyl halides is 3. The van der Waals surface area contributed by atoms with Gasteiger partial charge in [-0.2, -0.15) is 5.26 Å². The SMILES string of the molecule is N#CC(C(=O)NC(=O)C(Cl)(Cl)Cl)=C1Nc2ccccc2S1. The lowest BCUT2D eigenvalue weighted by atomic mass is 10.3. The predicted molar refractivity (Wildman–Crippen MR) is 82.0 cm³/mol. The van der Waals surface area contributed by atoms with Crippen molar-refractivity contribution >= 4 is 64.1 Å². The third-order valence-corrected chi connectivity index (χ3v) is 4.00. The Morgan fingerprint density at radius 2 is 1.95 bits per heavy atom. The fourth-order valence-electron chi connectivity index (χ4n) is 1.47. The number of thioether (sulfide) groups is 1. The van der Waals surface area contributed by atoms with E-state index >= 15 is 0 Å². The van der Waals surface area contributed by atoms with Crippen molar-refractivity contribution in [2.45, 2.75) is 8.69 Å². The monoisotopic (exact) mass is 361 g/mol. The predicted octanol–water partition coefficient (Wildman–Crippen LogP) is 2.95. The standard InChI is InChI=1S/C12H6Cl3N3O2S/c13-12(14,15)11(20)18-9(19)6(5-16)10-17-7-3-1-2-4-8(7)21-10/h1-4,17H,(H,18,19,20). The van der Waals surface area contributed by atoms with Crippen LogP contribution in [0, 0.1) is 11.3 Å². The van der Waals surface area contributed by atoms with Crippen LogP contribution in [0.2, 0.25) is 0 Å². The normalized spacial score (nSPS) is 15.5. The highest BCUT2D eigenvalue weighted by molar-refractivity contribution is 8.03. The highest BCUT2D eigenvalue weighted by Gasteiger charge is 2.33. The van der Waals surface area contributed by atoms with Crippen LogP contribution < -0.4 is 10.6 Å². The summed E-state index contributed by atoms with van der Waals surface area (Å²) in [7, 11) is 0. The maximum absolute atomic E-state index is 11.9. The molecule has 1 aromatic rings. The second-order valence-electron chi connectivity index (χ2n) is 3.82. The number of nitrogens with one attached hydrogen (secondary N) is 2. The van der Waals surface area contributed by atoms with E-state index in [2.05, 4.69) is 5.32 Å². The van der Waals surface area contributed by atoms with Gasteiger partial charge in [-0.15, -0.1) is 0 Å². The van der Waals surface area contributed by atoms with Crippen molar-refractivity contribution in [3.05, 3.63) is 34.9 Å². The van der Waals surface area contributed by atoms with E-state index in [0.29, 0.717) is 5.03 Å². The zero-order valence-corrected chi connectivity index (χ0v) is 13.2. The van der Waals surface area contributed by atoms with Gasteiger partial charge in [0.05, 0.1) is 5.69 Å². The molecule has 1 aromatic carbocycles. The molecular weight excluding hydrogens is 357 g/mol. The molecule has 9 heteroatoms. The zero-order valence-electron chi connectivity index (χ0n) is 10.1. The number of hydrogen-bond donors (Lipinski definition) is 2. The first-order valence-electron chi connectivity index (χ1n) is 5.43. The van der Waals surface area contributed by atoms with Crippen LogP contribution in [0.15, 0.2) is 39.8 Å². The summed E-state index contributed by atoms with van der Waals surface area (Å²) in [6.45, 7) is 0. The van der Waals surface area contributed by atoms with Gasteiger partial charge >= 0.3 is 0 Å². The summed E-state index contributed by atoms with van der Waals surface area (Å²) in [6, 6.07) is 9.01. The van der Waals surface area contributed by atoms with Crippen LogP contribution in [-0.2, 0) is 9.59 Å². The Labute approximate surface area is 139 Å². The molecule has 2 N–H and O–H groups in total. The van der Waals surface area contributed by atoms with E-state index in [1.54, 1.807) is 12.1 Å². The van der Waals surface area contributed by atoms with Crippen LogP contribution in [0.4, 0.5) is 5.69 Å². The molecule has 0 radical (unpaired) electrons. The van der Waals surface area contributed by atoms with E-state index in [1.165, 1.54) is 11.8 Å². The Morgan fingerprint density at radius 1 is 1.29 bits per heavy atom. The molecule has 1 aliphatic rings. The summed E-state index contributed by atoms with van der Waals surface area (Å²) in [5.41, 5.74) is 0.504. The fourth-order valence-corrected chi connectivity index (χ4v) is 2.61. The lowest BCUT2D eigenvalue weighted by molar-refractivity contribution is -0.127. The maximum Gasteiger partial charge on any atom is 0.278 e. The lowest BCUT2D eigenvalue weighted by Crippen LogP contribution is -2.39. The molecule has 1 aliphatic heterocycles. The largest absolute Gasteiger partial charge is 0.348 e. The number of halogens is 3. The summed E-state index contributed by atoms with van der Waals surface area (Å²) in [5, 5.41) is 14.2. The molecule has 0 aromatic heterocycles. The molecule has 0 fully saturated rings. The molecule has 21 heavy (non-hydrogen) atoms. The molecular formula is C12H6Cl3N3O2S. The van der Waals surface area contributed by atoms with Crippen molar-refractivity contribution in [1.82, 2.24) is 5.32 Å². The molecule has 0 spiro atoms. The van der Waals surface area contributed by atoms with E-state index in [9.17, 15) is 9.59 Å². The molecule has 5 nitrogen and oxygen atoms in total. The Bertz CT molecular complexity index is 665. The Morgan fingerprint density at radius 3 is 2.52 bits per heavy atom. The number of para-hydroxylation sites is 1. The number of nitrogens with zero attached hydrogens (tertiary/aromatic N) is 1. The average Bonchev–Trinajstić information content (AvgIpc) is 2.81. The Balaban J connectivity index is 2.22. The van der Waals surface area contributed by atoms with E-state index < -0.39 is 15.6 Å². The van der Waals surface area contributed by atoms with Gasteiger partial charge in [0.25, 0.3) is 15.6 Å². The maximum atomic E-state index is 11.9. The fraction of sp³-hybridized carbons (Fsp3) is 0.0833. The van der Waals surface area contributed by atoms with E-state index in [4.69, 9.17) is 40.1 Å². The van der Waals surface area contributed by atoms with Gasteiger partial charge in [-0.1, -0.05) is 58.7 Å². The van der Waals surface area contributed by atoms with Gasteiger partial charge in [0.1, 0.15) is 16.7 Å². The number of hydrogen-bond acceptors (Lipinski definition) is 5. The van der Waals surface area contributed by atoms with Crippen molar-refractivity contribution in [3.8, 4) is 6.07 Å². The van der Waals surface area contributed by atoms with Gasteiger partial charge in [0.15, 0.2) is 0 Å². The first-order chi connectivity index (χ1) is 9.82. The van der Waals surface area contributed by atoms with Gasteiger partial charge in [-0.25, -0.2) is 0 Å². The van der Waals surface area contributed by atoms with Crippen molar-refractivity contribution < 1.29 is 9.59 Å². The number of anilines is 1. The lowest BCUT2D eigenvalue weighted by Gasteiger charge is -2.10. The molecule has 0 aliphatic carbocycles. The Hall–Kier alpha value is -1.39. The molecule has 0 atom stereocenters. The van der Waals surface area contributed by atoms with E-state index in [1.807, 2.05) is 23.5 Å². The third-order valence-electron chi connectivity index (χ3n) is 2.40. The first-order valence-corrected chi connectivity index (χ1v) is 7.38. The van der Waals surface area contributed by atoms with Crippen molar-refractivity contribution in [1.29, 1.82) is 5.26 Å². The van der Waals surface area contributed by atoms with E-state index in [-0.39, 0.29) is 5.57 Å². The highest BCUT2D eigenvalue weighted by atomic mass is 35.6. The third kappa shape index (κ3) is 3.63. The molecule has 0 unspecified atom stereocenters. The number of carbonyl (C=O) groups excluding carboxylic acids is 2.